The van der Waals surface area contributed by atoms with Gasteiger partial charge in [-0.3, -0.25) is 0 Å². The van der Waals surface area contributed by atoms with Crippen LogP contribution in [-0.2, 0) is 0 Å². The van der Waals surface area contributed by atoms with Gasteiger partial charge in [0.1, 0.15) is 11.5 Å². The lowest BCUT2D eigenvalue weighted by Gasteiger charge is -2.07. The van der Waals surface area contributed by atoms with Crippen LogP contribution in [-0.4, -0.2) is 25.4 Å². The molecule has 1 rings (SSSR count). The van der Waals surface area contributed by atoms with E-state index in [0.29, 0.717) is 6.61 Å². The Morgan fingerprint density at radius 2 is 0.893 bits per heavy atom. The molecule has 3 heteroatoms. The summed E-state index contributed by atoms with van der Waals surface area (Å²) >= 11 is 0. The van der Waals surface area contributed by atoms with Crippen LogP contribution in [0.25, 0.3) is 0 Å². The standard InChI is InChI=1S/C25H44O3/c1-27-24-18-20-25(21-19-24)28-23-17-15-13-11-9-7-5-3-2-4-6-8-10-12-14-16-22-26/h18-21,26H,2-17,22-23H2,1H3. The van der Waals surface area contributed by atoms with Crippen LogP contribution < -0.4 is 9.47 Å². The van der Waals surface area contributed by atoms with E-state index >= 15 is 0 Å². The molecule has 0 radical (unpaired) electrons. The van der Waals surface area contributed by atoms with E-state index in [1.54, 1.807) is 7.11 Å². The van der Waals surface area contributed by atoms with E-state index in [2.05, 4.69) is 0 Å². The molecule has 0 aromatic heterocycles. The van der Waals surface area contributed by atoms with Crippen LogP contribution >= 0.6 is 0 Å². The molecule has 0 atom stereocenters. The third-order valence-electron chi connectivity index (χ3n) is 5.38. The molecule has 0 bridgehead atoms. The number of ether oxygens (including phenoxy) is 2. The quantitative estimate of drug-likeness (QED) is 0.236. The Labute approximate surface area is 173 Å². The number of aliphatic hydroxyl groups excluding tert-OH is 1. The molecular formula is C25H44O3. The molecule has 0 aliphatic rings. The zero-order valence-corrected chi connectivity index (χ0v) is 18.3. The van der Waals surface area contributed by atoms with Gasteiger partial charge < -0.3 is 14.6 Å². The van der Waals surface area contributed by atoms with E-state index in [-0.39, 0.29) is 0 Å². The Balaban J connectivity index is 1.74. The molecule has 0 aliphatic carbocycles. The number of benzene rings is 1. The van der Waals surface area contributed by atoms with Crippen molar-refractivity contribution in [2.24, 2.45) is 0 Å². The number of unbranched alkanes of at least 4 members (excludes halogenated alkanes) is 15. The third kappa shape index (κ3) is 14.8. The van der Waals surface area contributed by atoms with Crippen molar-refractivity contribution in [1.82, 2.24) is 0 Å². The molecule has 28 heavy (non-hydrogen) atoms. The van der Waals surface area contributed by atoms with Crippen molar-refractivity contribution in [3.05, 3.63) is 24.3 Å². The van der Waals surface area contributed by atoms with Gasteiger partial charge in [-0.05, 0) is 37.1 Å². The summed E-state index contributed by atoms with van der Waals surface area (Å²) in [4.78, 5) is 0. The second-order valence-electron chi connectivity index (χ2n) is 7.90. The first-order chi connectivity index (χ1) is 13.9. The summed E-state index contributed by atoms with van der Waals surface area (Å²) < 4.78 is 10.9. The van der Waals surface area contributed by atoms with Crippen molar-refractivity contribution < 1.29 is 14.6 Å². The van der Waals surface area contributed by atoms with E-state index in [1.165, 1.54) is 89.9 Å². The fraction of sp³-hybridized carbons (Fsp3) is 0.760. The highest BCUT2D eigenvalue weighted by atomic mass is 16.5. The van der Waals surface area contributed by atoms with Crippen LogP contribution in [0.5, 0.6) is 11.5 Å². The summed E-state index contributed by atoms with van der Waals surface area (Å²) in [5.74, 6) is 1.81. The van der Waals surface area contributed by atoms with Gasteiger partial charge in [-0.15, -0.1) is 0 Å². The SMILES string of the molecule is COc1ccc(OCCCCCCCCCCCCCCCCCCO)cc1. The summed E-state index contributed by atoms with van der Waals surface area (Å²) in [6.07, 6.45) is 21.2. The summed E-state index contributed by atoms with van der Waals surface area (Å²) in [5.41, 5.74) is 0. The molecule has 0 saturated heterocycles. The zero-order valence-electron chi connectivity index (χ0n) is 18.3. The van der Waals surface area contributed by atoms with E-state index in [9.17, 15) is 0 Å². The molecular weight excluding hydrogens is 348 g/mol. The predicted octanol–water partition coefficient (Wildman–Crippen LogP) is 7.31. The molecule has 1 aromatic rings. The van der Waals surface area contributed by atoms with E-state index < -0.39 is 0 Å². The van der Waals surface area contributed by atoms with Crippen molar-refractivity contribution in [2.75, 3.05) is 20.3 Å². The van der Waals surface area contributed by atoms with Crippen LogP contribution in [0.15, 0.2) is 24.3 Å². The van der Waals surface area contributed by atoms with E-state index in [1.807, 2.05) is 24.3 Å². The Hall–Kier alpha value is -1.22. The average molecular weight is 393 g/mol. The van der Waals surface area contributed by atoms with E-state index in [0.717, 1.165) is 30.9 Å². The minimum absolute atomic E-state index is 0.360. The van der Waals surface area contributed by atoms with E-state index in [4.69, 9.17) is 14.6 Å². The molecule has 0 unspecified atom stereocenters. The van der Waals surface area contributed by atoms with Gasteiger partial charge in [0.15, 0.2) is 0 Å². The van der Waals surface area contributed by atoms with Gasteiger partial charge in [0.25, 0.3) is 0 Å². The smallest absolute Gasteiger partial charge is 0.119 e. The molecule has 0 spiro atoms. The Bertz CT molecular complexity index is 430. The summed E-state index contributed by atoms with van der Waals surface area (Å²) in [5, 5.41) is 8.74. The van der Waals surface area contributed by atoms with Gasteiger partial charge in [0.05, 0.1) is 13.7 Å². The highest BCUT2D eigenvalue weighted by Gasteiger charge is 1.97. The van der Waals surface area contributed by atoms with Crippen molar-refractivity contribution in [2.45, 2.75) is 103 Å². The Morgan fingerprint density at radius 3 is 1.29 bits per heavy atom. The topological polar surface area (TPSA) is 38.7 Å². The van der Waals surface area contributed by atoms with Crippen molar-refractivity contribution >= 4 is 0 Å². The third-order valence-corrected chi connectivity index (χ3v) is 5.38. The maximum absolute atomic E-state index is 8.74. The predicted molar refractivity (Wildman–Crippen MR) is 119 cm³/mol. The Morgan fingerprint density at radius 1 is 0.536 bits per heavy atom. The zero-order chi connectivity index (χ0) is 20.1. The van der Waals surface area contributed by atoms with Crippen LogP contribution in [0.2, 0.25) is 0 Å². The molecule has 1 aromatic carbocycles. The lowest BCUT2D eigenvalue weighted by molar-refractivity contribution is 0.282. The fourth-order valence-corrected chi connectivity index (χ4v) is 3.55. The number of hydrogen-bond donors (Lipinski definition) is 1. The van der Waals surface area contributed by atoms with Crippen LogP contribution in [0, 0.1) is 0 Å². The van der Waals surface area contributed by atoms with Gasteiger partial charge in [0, 0.05) is 6.61 Å². The Kier molecular flexibility index (Phi) is 16.9. The van der Waals surface area contributed by atoms with Crippen molar-refractivity contribution in [3.8, 4) is 11.5 Å². The summed E-state index contributed by atoms with van der Waals surface area (Å²) in [6.45, 7) is 1.17. The van der Waals surface area contributed by atoms with Crippen molar-refractivity contribution in [1.29, 1.82) is 0 Å². The first kappa shape index (κ1) is 24.8. The maximum Gasteiger partial charge on any atom is 0.119 e. The van der Waals surface area contributed by atoms with Crippen LogP contribution in [0.3, 0.4) is 0 Å². The minimum atomic E-state index is 0.360. The molecule has 3 nitrogen and oxygen atoms in total. The van der Waals surface area contributed by atoms with Gasteiger partial charge in [-0.25, -0.2) is 0 Å². The first-order valence-corrected chi connectivity index (χ1v) is 11.7. The molecule has 0 aliphatic heterocycles. The minimum Gasteiger partial charge on any atom is -0.497 e. The van der Waals surface area contributed by atoms with Crippen LogP contribution in [0.1, 0.15) is 103 Å². The molecule has 0 heterocycles. The highest BCUT2D eigenvalue weighted by molar-refractivity contribution is 5.31. The van der Waals surface area contributed by atoms with Gasteiger partial charge in [-0.1, -0.05) is 89.9 Å². The second-order valence-corrected chi connectivity index (χ2v) is 7.90. The molecule has 162 valence electrons. The number of methoxy groups -OCH3 is 1. The lowest BCUT2D eigenvalue weighted by Crippen LogP contribution is -1.97. The average Bonchev–Trinajstić information content (AvgIpc) is 2.73. The normalized spacial score (nSPS) is 10.9. The van der Waals surface area contributed by atoms with Gasteiger partial charge in [0.2, 0.25) is 0 Å². The first-order valence-electron chi connectivity index (χ1n) is 11.7. The number of rotatable bonds is 20. The fourth-order valence-electron chi connectivity index (χ4n) is 3.55. The molecule has 0 fully saturated rings. The summed E-state index contributed by atoms with van der Waals surface area (Å²) in [6, 6.07) is 7.82. The molecule has 0 amide bonds. The van der Waals surface area contributed by atoms with Crippen LogP contribution in [0.4, 0.5) is 0 Å². The second kappa shape index (κ2) is 19.1. The maximum atomic E-state index is 8.74. The molecule has 0 saturated carbocycles. The van der Waals surface area contributed by atoms with Crippen molar-refractivity contribution in [3.63, 3.8) is 0 Å². The number of hydrogen-bond acceptors (Lipinski definition) is 3. The lowest BCUT2D eigenvalue weighted by atomic mass is 10.0. The monoisotopic (exact) mass is 392 g/mol. The molecule has 1 N–H and O–H groups in total. The van der Waals surface area contributed by atoms with Gasteiger partial charge >= 0.3 is 0 Å². The summed E-state index contributed by atoms with van der Waals surface area (Å²) in [7, 11) is 1.68. The largest absolute Gasteiger partial charge is 0.497 e. The highest BCUT2D eigenvalue weighted by Crippen LogP contribution is 2.18. The number of aliphatic hydroxyl groups is 1. The van der Waals surface area contributed by atoms with Gasteiger partial charge in [-0.2, -0.15) is 0 Å².